The molecular formula is C17H23N5OS. The third kappa shape index (κ3) is 4.46. The highest BCUT2D eigenvalue weighted by Crippen LogP contribution is 2.18. The van der Waals surface area contributed by atoms with Gasteiger partial charge >= 0.3 is 6.03 Å². The van der Waals surface area contributed by atoms with Gasteiger partial charge in [-0.2, -0.15) is 11.3 Å². The number of anilines is 1. The number of pyridine rings is 1. The lowest BCUT2D eigenvalue weighted by molar-refractivity contribution is 0.240. The van der Waals surface area contributed by atoms with Crippen LogP contribution in [0.15, 0.2) is 35.2 Å². The summed E-state index contributed by atoms with van der Waals surface area (Å²) >= 11 is 1.63. The molecule has 0 saturated carbocycles. The van der Waals surface area contributed by atoms with E-state index in [1.54, 1.807) is 11.3 Å². The number of nitrogens with one attached hydrogen (secondary N) is 2. The van der Waals surface area contributed by atoms with E-state index in [-0.39, 0.29) is 6.03 Å². The first-order chi connectivity index (χ1) is 11.7. The molecule has 2 aromatic heterocycles. The predicted octanol–water partition coefficient (Wildman–Crippen LogP) is 1.89. The van der Waals surface area contributed by atoms with Gasteiger partial charge in [-0.25, -0.2) is 9.78 Å². The van der Waals surface area contributed by atoms with Crippen LogP contribution in [0.2, 0.25) is 0 Å². The molecule has 24 heavy (non-hydrogen) atoms. The minimum absolute atomic E-state index is 0.158. The number of thiophene rings is 1. The van der Waals surface area contributed by atoms with Crippen LogP contribution in [0.5, 0.6) is 0 Å². The Morgan fingerprint density at radius 2 is 2.00 bits per heavy atom. The molecule has 0 spiro atoms. The zero-order valence-corrected chi connectivity index (χ0v) is 14.7. The van der Waals surface area contributed by atoms with Crippen molar-refractivity contribution in [2.24, 2.45) is 0 Å². The van der Waals surface area contributed by atoms with Crippen molar-refractivity contribution < 1.29 is 4.79 Å². The van der Waals surface area contributed by atoms with Gasteiger partial charge in [0.25, 0.3) is 0 Å². The summed E-state index contributed by atoms with van der Waals surface area (Å²) in [6.45, 7) is 5.02. The van der Waals surface area contributed by atoms with Crippen LogP contribution < -0.4 is 15.5 Å². The summed E-state index contributed by atoms with van der Waals surface area (Å²) in [6.07, 6.45) is 1.81. The van der Waals surface area contributed by atoms with Gasteiger partial charge in [-0.15, -0.1) is 0 Å². The number of nitrogens with zero attached hydrogens (tertiary/aromatic N) is 3. The molecule has 7 heteroatoms. The van der Waals surface area contributed by atoms with Crippen LogP contribution in [0.4, 0.5) is 10.6 Å². The minimum atomic E-state index is -0.158. The van der Waals surface area contributed by atoms with Gasteiger partial charge < -0.3 is 20.4 Å². The standard InChI is InChI=1S/C17H23N5OS/c1-21-6-8-22(9-7-21)16-15(3-2-5-18-16)12-20-17(23)19-11-14-4-10-24-13-14/h2-5,10,13H,6-9,11-12H2,1H3,(H2,19,20,23). The van der Waals surface area contributed by atoms with Crippen molar-refractivity contribution in [2.75, 3.05) is 38.1 Å². The van der Waals surface area contributed by atoms with Crippen molar-refractivity contribution in [3.8, 4) is 0 Å². The number of urea groups is 1. The summed E-state index contributed by atoms with van der Waals surface area (Å²) in [7, 11) is 2.13. The van der Waals surface area contributed by atoms with Crippen molar-refractivity contribution in [3.63, 3.8) is 0 Å². The van der Waals surface area contributed by atoms with Gasteiger partial charge in [-0.1, -0.05) is 6.07 Å². The zero-order valence-electron chi connectivity index (χ0n) is 13.9. The molecule has 3 heterocycles. The molecule has 128 valence electrons. The van der Waals surface area contributed by atoms with Gasteiger partial charge in [0.15, 0.2) is 0 Å². The lowest BCUT2D eigenvalue weighted by Crippen LogP contribution is -2.45. The number of hydrogen-bond acceptors (Lipinski definition) is 5. The Bertz CT molecular complexity index is 653. The molecule has 0 radical (unpaired) electrons. The maximum Gasteiger partial charge on any atom is 0.315 e. The Morgan fingerprint density at radius 1 is 1.21 bits per heavy atom. The molecule has 1 aliphatic rings. The second kappa shape index (κ2) is 8.12. The largest absolute Gasteiger partial charge is 0.354 e. The molecule has 0 unspecified atom stereocenters. The highest BCUT2D eigenvalue weighted by atomic mass is 32.1. The lowest BCUT2D eigenvalue weighted by atomic mass is 10.2. The monoisotopic (exact) mass is 345 g/mol. The van der Waals surface area contributed by atoms with Gasteiger partial charge in [0.1, 0.15) is 5.82 Å². The first-order valence-electron chi connectivity index (χ1n) is 8.12. The normalized spacial score (nSPS) is 15.3. The Labute approximate surface area is 146 Å². The van der Waals surface area contributed by atoms with Crippen molar-refractivity contribution in [1.82, 2.24) is 20.5 Å². The van der Waals surface area contributed by atoms with E-state index in [4.69, 9.17) is 0 Å². The molecule has 0 aliphatic carbocycles. The summed E-state index contributed by atoms with van der Waals surface area (Å²) in [5.41, 5.74) is 2.17. The van der Waals surface area contributed by atoms with E-state index in [0.717, 1.165) is 43.1 Å². The SMILES string of the molecule is CN1CCN(c2ncccc2CNC(=O)NCc2ccsc2)CC1. The minimum Gasteiger partial charge on any atom is -0.354 e. The Balaban J connectivity index is 1.54. The molecule has 0 aromatic carbocycles. The molecule has 2 N–H and O–H groups in total. The lowest BCUT2D eigenvalue weighted by Gasteiger charge is -2.34. The first-order valence-corrected chi connectivity index (χ1v) is 9.07. The number of carbonyl (C=O) groups excluding carboxylic acids is 1. The number of likely N-dealkylation sites (N-methyl/N-ethyl adjacent to an activating group) is 1. The van der Waals surface area contributed by atoms with E-state index in [1.165, 1.54) is 0 Å². The molecule has 6 nitrogen and oxygen atoms in total. The first kappa shape index (κ1) is 16.7. The van der Waals surface area contributed by atoms with Crippen molar-refractivity contribution in [3.05, 3.63) is 46.3 Å². The number of rotatable bonds is 5. The van der Waals surface area contributed by atoms with Crippen molar-refractivity contribution in [1.29, 1.82) is 0 Å². The van der Waals surface area contributed by atoms with Crippen molar-refractivity contribution >= 4 is 23.2 Å². The average molecular weight is 345 g/mol. The van der Waals surface area contributed by atoms with Crippen LogP contribution in [0, 0.1) is 0 Å². The second-order valence-electron chi connectivity index (χ2n) is 5.94. The van der Waals surface area contributed by atoms with E-state index in [9.17, 15) is 4.79 Å². The molecule has 0 atom stereocenters. The average Bonchev–Trinajstić information content (AvgIpc) is 3.13. The third-order valence-corrected chi connectivity index (χ3v) is 4.87. The summed E-state index contributed by atoms with van der Waals surface area (Å²) in [5, 5.41) is 9.84. The van der Waals surface area contributed by atoms with Crippen LogP contribution in [0.1, 0.15) is 11.1 Å². The summed E-state index contributed by atoms with van der Waals surface area (Å²) in [6, 6.07) is 5.80. The number of amides is 2. The Kier molecular flexibility index (Phi) is 5.66. The van der Waals surface area contributed by atoms with Crippen LogP contribution in [0.3, 0.4) is 0 Å². The second-order valence-corrected chi connectivity index (χ2v) is 6.72. The number of carbonyl (C=O) groups is 1. The van der Waals surface area contributed by atoms with E-state index in [1.807, 2.05) is 35.2 Å². The van der Waals surface area contributed by atoms with Gasteiger partial charge in [0.2, 0.25) is 0 Å². The molecule has 1 fully saturated rings. The molecule has 2 aromatic rings. The maximum atomic E-state index is 12.0. The molecule has 1 aliphatic heterocycles. The van der Waals surface area contributed by atoms with Gasteiger partial charge in [0, 0.05) is 51.0 Å². The summed E-state index contributed by atoms with van der Waals surface area (Å²) in [4.78, 5) is 21.1. The Morgan fingerprint density at radius 3 is 2.75 bits per heavy atom. The quantitative estimate of drug-likeness (QED) is 0.869. The van der Waals surface area contributed by atoms with Gasteiger partial charge in [-0.05, 0) is 35.5 Å². The van der Waals surface area contributed by atoms with Crippen molar-refractivity contribution in [2.45, 2.75) is 13.1 Å². The summed E-state index contributed by atoms with van der Waals surface area (Å²) in [5.74, 6) is 0.976. The van der Waals surface area contributed by atoms with E-state index >= 15 is 0 Å². The predicted molar refractivity (Wildman–Crippen MR) is 97.3 cm³/mol. The smallest absolute Gasteiger partial charge is 0.315 e. The summed E-state index contributed by atoms with van der Waals surface area (Å²) < 4.78 is 0. The number of hydrogen-bond donors (Lipinski definition) is 2. The zero-order chi connectivity index (χ0) is 16.8. The fourth-order valence-electron chi connectivity index (χ4n) is 2.68. The number of piperazine rings is 1. The molecule has 3 rings (SSSR count). The van der Waals surface area contributed by atoms with Crippen LogP contribution in [-0.2, 0) is 13.1 Å². The molecule has 2 amide bonds. The van der Waals surface area contributed by atoms with Gasteiger partial charge in [0.05, 0.1) is 0 Å². The highest BCUT2D eigenvalue weighted by molar-refractivity contribution is 7.07. The maximum absolute atomic E-state index is 12.0. The van der Waals surface area contributed by atoms with Crippen LogP contribution >= 0.6 is 11.3 Å². The fourth-order valence-corrected chi connectivity index (χ4v) is 3.35. The highest BCUT2D eigenvalue weighted by Gasteiger charge is 2.18. The number of aromatic nitrogens is 1. The molecule has 1 saturated heterocycles. The van der Waals surface area contributed by atoms with Crippen LogP contribution in [-0.4, -0.2) is 49.1 Å². The molecular weight excluding hydrogens is 322 g/mol. The topological polar surface area (TPSA) is 60.5 Å². The van der Waals surface area contributed by atoms with E-state index in [2.05, 4.69) is 32.5 Å². The Hall–Kier alpha value is -2.12. The van der Waals surface area contributed by atoms with Crippen LogP contribution in [0.25, 0.3) is 0 Å². The van der Waals surface area contributed by atoms with E-state index < -0.39 is 0 Å². The van der Waals surface area contributed by atoms with E-state index in [0.29, 0.717) is 13.1 Å². The molecule has 0 bridgehead atoms. The fraction of sp³-hybridized carbons (Fsp3) is 0.412. The van der Waals surface area contributed by atoms with Gasteiger partial charge in [-0.3, -0.25) is 0 Å². The third-order valence-electron chi connectivity index (χ3n) is 4.14.